The molecular weight excluding hydrogens is 704 g/mol. The van der Waals surface area contributed by atoms with Gasteiger partial charge in [-0.15, -0.1) is 0 Å². The van der Waals surface area contributed by atoms with Gasteiger partial charge in [0.05, 0.1) is 11.4 Å². The minimum atomic E-state index is -0.833. The van der Waals surface area contributed by atoms with Gasteiger partial charge in [-0.2, -0.15) is 0 Å². The number of amides is 4. The van der Waals surface area contributed by atoms with E-state index in [1.165, 1.54) is 24.3 Å². The Kier molecular flexibility index (Phi) is 9.48. The van der Waals surface area contributed by atoms with Gasteiger partial charge >= 0.3 is 11.9 Å². The highest BCUT2D eigenvalue weighted by atomic mass is 16.6. The lowest BCUT2D eigenvalue weighted by atomic mass is 9.81. The summed E-state index contributed by atoms with van der Waals surface area (Å²) in [6.07, 6.45) is 0.861. The summed E-state index contributed by atoms with van der Waals surface area (Å²) in [5.41, 5.74) is 1.97. The number of ether oxygens (including phenoxy) is 4. The van der Waals surface area contributed by atoms with Gasteiger partial charge in [0.15, 0.2) is 0 Å². The molecule has 0 aromatic heterocycles. The van der Waals surface area contributed by atoms with Crippen molar-refractivity contribution in [1.82, 2.24) is 0 Å². The fourth-order valence-corrected chi connectivity index (χ4v) is 7.02. The van der Waals surface area contributed by atoms with Gasteiger partial charge in [0.2, 0.25) is 0 Å². The van der Waals surface area contributed by atoms with Crippen molar-refractivity contribution in [2.75, 3.05) is 36.2 Å². The molecule has 55 heavy (non-hydrogen) atoms. The van der Waals surface area contributed by atoms with Crippen molar-refractivity contribution in [3.63, 3.8) is 0 Å². The van der Waals surface area contributed by atoms with Crippen LogP contribution in [0, 0.1) is 0 Å². The topological polar surface area (TPSA) is 146 Å². The van der Waals surface area contributed by atoms with Crippen LogP contribution in [-0.2, 0) is 29.9 Å². The zero-order chi connectivity index (χ0) is 39.4. The first kappa shape index (κ1) is 37.3. The minimum Gasteiger partial charge on any atom is -0.488 e. The van der Waals surface area contributed by atoms with E-state index in [-0.39, 0.29) is 93.2 Å². The van der Waals surface area contributed by atoms with Crippen molar-refractivity contribution in [1.29, 1.82) is 0 Å². The third kappa shape index (κ3) is 6.39. The Morgan fingerprint density at radius 2 is 0.818 bits per heavy atom. The average Bonchev–Trinajstić information content (AvgIpc) is 3.16. The molecule has 0 aliphatic carbocycles. The lowest BCUT2D eigenvalue weighted by Gasteiger charge is -2.34. The minimum absolute atomic E-state index is 0.142. The second-order valence-electron chi connectivity index (χ2n) is 15.1. The maximum absolute atomic E-state index is 14.5. The first-order chi connectivity index (χ1) is 26.2. The molecule has 4 aromatic rings. The Morgan fingerprint density at radius 3 is 1.15 bits per heavy atom. The summed E-state index contributed by atoms with van der Waals surface area (Å²) >= 11 is 0. The molecule has 0 unspecified atom stereocenters. The van der Waals surface area contributed by atoms with Crippen LogP contribution in [0.15, 0.2) is 60.7 Å². The van der Waals surface area contributed by atoms with Crippen molar-refractivity contribution >= 4 is 57.7 Å². The monoisotopic (exact) mass is 746 g/mol. The lowest BCUT2D eigenvalue weighted by molar-refractivity contribution is -0.155. The van der Waals surface area contributed by atoms with E-state index in [9.17, 15) is 28.8 Å². The van der Waals surface area contributed by atoms with E-state index < -0.39 is 42.0 Å². The number of carbonyl (C=O) groups excluding carboxylic acids is 6. The van der Waals surface area contributed by atoms with Crippen LogP contribution in [0.3, 0.4) is 0 Å². The van der Waals surface area contributed by atoms with E-state index in [4.69, 9.17) is 18.9 Å². The van der Waals surface area contributed by atoms with Crippen LogP contribution in [0.2, 0.25) is 0 Å². The second-order valence-corrected chi connectivity index (χ2v) is 15.1. The van der Waals surface area contributed by atoms with Crippen molar-refractivity contribution in [3.8, 4) is 11.5 Å². The van der Waals surface area contributed by atoms with Crippen molar-refractivity contribution < 1.29 is 47.7 Å². The number of esters is 2. The van der Waals surface area contributed by atoms with Crippen LogP contribution in [0.4, 0.5) is 11.4 Å². The highest BCUT2D eigenvalue weighted by molar-refractivity contribution is 6.42. The Bertz CT molecular complexity index is 2090. The number of rotatable bonds is 4. The number of carbonyl (C=O) groups is 6. The Labute approximate surface area is 318 Å². The highest BCUT2D eigenvalue weighted by Crippen LogP contribution is 2.45. The number of imide groups is 2. The van der Waals surface area contributed by atoms with E-state index in [1.54, 1.807) is 24.3 Å². The maximum Gasteiger partial charge on any atom is 0.317 e. The molecule has 5 heterocycles. The fraction of sp³-hybridized carbons (Fsp3) is 0.349. The van der Waals surface area contributed by atoms with Gasteiger partial charge in [-0.1, -0.05) is 53.7 Å². The van der Waals surface area contributed by atoms with Crippen molar-refractivity contribution in [2.45, 2.75) is 71.6 Å². The summed E-state index contributed by atoms with van der Waals surface area (Å²) in [7, 11) is 0. The van der Waals surface area contributed by atoms with E-state index >= 15 is 0 Å². The van der Waals surface area contributed by atoms with Crippen LogP contribution < -0.4 is 19.3 Å². The molecule has 12 nitrogen and oxygen atoms in total. The summed E-state index contributed by atoms with van der Waals surface area (Å²) < 4.78 is 22.5. The van der Waals surface area contributed by atoms with Crippen LogP contribution in [0.5, 0.6) is 11.5 Å². The van der Waals surface area contributed by atoms with E-state index in [1.807, 2.05) is 53.7 Å². The van der Waals surface area contributed by atoms with Gasteiger partial charge in [0, 0.05) is 33.0 Å². The third-order valence-electron chi connectivity index (χ3n) is 11.1. The molecule has 12 heteroatoms. The molecule has 0 saturated heterocycles. The summed E-state index contributed by atoms with van der Waals surface area (Å²) in [6, 6.07) is 16.6. The molecular formula is C43H42N2O10. The second kappa shape index (κ2) is 14.0. The van der Waals surface area contributed by atoms with Gasteiger partial charge in [-0.25, -0.2) is 9.80 Å². The molecule has 0 spiro atoms. The van der Waals surface area contributed by atoms with Gasteiger partial charge in [-0.3, -0.25) is 28.8 Å². The molecule has 0 radical (unpaired) electrons. The Balaban J connectivity index is 1.40. The molecule has 5 aliphatic rings. The number of hydrogen-bond acceptors (Lipinski definition) is 10. The predicted octanol–water partition coefficient (Wildman–Crippen LogP) is 7.06. The number of nitrogens with zero attached hydrogens (tertiary/aromatic N) is 2. The summed E-state index contributed by atoms with van der Waals surface area (Å²) in [4.78, 5) is 85.1. The lowest BCUT2D eigenvalue weighted by Crippen LogP contribution is -2.44. The summed E-state index contributed by atoms with van der Waals surface area (Å²) in [5.74, 6) is -3.93. The van der Waals surface area contributed by atoms with E-state index in [2.05, 4.69) is 0 Å². The van der Waals surface area contributed by atoms with Crippen molar-refractivity contribution in [2.24, 2.45) is 0 Å². The van der Waals surface area contributed by atoms with Crippen molar-refractivity contribution in [3.05, 3.63) is 94.0 Å². The summed E-state index contributed by atoms with van der Waals surface area (Å²) in [5, 5.41) is 0.444. The molecule has 5 aliphatic heterocycles. The molecule has 0 saturated carbocycles. The zero-order valence-electron chi connectivity index (χ0n) is 31.7. The molecule has 4 aromatic carbocycles. The average molecular weight is 747 g/mol. The smallest absolute Gasteiger partial charge is 0.317 e. The van der Waals surface area contributed by atoms with E-state index in [0.717, 1.165) is 33.8 Å². The molecule has 0 atom stereocenters. The molecule has 284 valence electrons. The molecule has 0 fully saturated rings. The van der Waals surface area contributed by atoms with Crippen LogP contribution in [0.1, 0.15) is 113 Å². The van der Waals surface area contributed by atoms with E-state index in [0.29, 0.717) is 0 Å². The van der Waals surface area contributed by atoms with Crippen LogP contribution in [0.25, 0.3) is 10.8 Å². The number of fused-ring (bicyclic) bond motifs is 2. The quantitative estimate of drug-likeness (QED) is 0.121. The zero-order valence-corrected chi connectivity index (χ0v) is 31.7. The molecule has 8 bridgehead atoms. The molecule has 4 amide bonds. The molecule has 9 rings (SSSR count). The Morgan fingerprint density at radius 1 is 0.491 bits per heavy atom. The number of benzene rings is 4. The fourth-order valence-electron chi connectivity index (χ4n) is 7.02. The predicted molar refractivity (Wildman–Crippen MR) is 203 cm³/mol. The largest absolute Gasteiger partial charge is 0.488 e. The van der Waals surface area contributed by atoms with Crippen LogP contribution >= 0.6 is 0 Å². The number of hydrogen-bond donors (Lipinski definition) is 0. The first-order valence-corrected chi connectivity index (χ1v) is 18.4. The van der Waals surface area contributed by atoms with Gasteiger partial charge in [0.1, 0.15) is 44.3 Å². The number of anilines is 2. The Hall–Kier alpha value is -6.04. The maximum atomic E-state index is 14.5. The van der Waals surface area contributed by atoms with Gasteiger partial charge in [-0.05, 0) is 83.3 Å². The normalized spacial score (nSPS) is 16.7. The third-order valence-corrected chi connectivity index (χ3v) is 11.1. The first-order valence-electron chi connectivity index (χ1n) is 18.4. The van der Waals surface area contributed by atoms with Gasteiger partial charge in [0.25, 0.3) is 23.6 Å². The highest BCUT2D eigenvalue weighted by Gasteiger charge is 2.42. The summed E-state index contributed by atoms with van der Waals surface area (Å²) in [6.45, 7) is 11.5. The van der Waals surface area contributed by atoms with Gasteiger partial charge < -0.3 is 18.9 Å². The van der Waals surface area contributed by atoms with Crippen LogP contribution in [-0.4, -0.2) is 62.0 Å². The standard InChI is InChI=1S/C43H42N2O10/c1-7-42(3,4)24-9-15-32-30(21-24)44-38(48)26-11-13-28-37-29(14-12-27(36(26)37)39(44)49)41(51)45(40(28)50)31-22-25(43(5,6)8-2)10-16-33(31)53-18-20-55-35(47)23-34(46)54-19-17-52-32/h9-16,21-22H,7-8,17-20,23H2,1-6H3. The SMILES string of the molecule is CCC(C)(C)c1ccc2c(c1)N1C(=O)c3ccc4c5c(ccc(c35)C1=O)C(=O)N(C4=O)c1cc(C(C)(C)CC)ccc1OCCOC(=O)CC(=O)OCCO2. The molecule has 0 N–H and O–H groups in total.